The van der Waals surface area contributed by atoms with E-state index in [9.17, 15) is 19.4 Å². The molecular formula is C51H50ClFN6O8S. The third-order valence-corrected chi connectivity index (χ3v) is 13.7. The van der Waals surface area contributed by atoms with Crippen LogP contribution in [0.3, 0.4) is 0 Å². The van der Waals surface area contributed by atoms with Gasteiger partial charge in [0.05, 0.1) is 34.9 Å². The van der Waals surface area contributed by atoms with Crippen molar-refractivity contribution < 1.29 is 43.1 Å². The molecule has 3 aliphatic heterocycles. The van der Waals surface area contributed by atoms with Crippen LogP contribution in [0.25, 0.3) is 43.2 Å². The second-order valence-corrected chi connectivity index (χ2v) is 18.2. The van der Waals surface area contributed by atoms with Crippen LogP contribution in [0.15, 0.2) is 97.5 Å². The van der Waals surface area contributed by atoms with Crippen molar-refractivity contribution in [2.45, 2.75) is 51.6 Å². The Morgan fingerprint density at radius 2 is 1.75 bits per heavy atom. The minimum absolute atomic E-state index is 0.0347. The van der Waals surface area contributed by atoms with E-state index in [1.165, 1.54) is 29.8 Å². The molecule has 3 atom stereocenters. The van der Waals surface area contributed by atoms with Crippen LogP contribution >= 0.6 is 22.9 Å². The summed E-state index contributed by atoms with van der Waals surface area (Å²) < 4.78 is 46.1. The summed E-state index contributed by atoms with van der Waals surface area (Å²) in [6.45, 7) is 8.52. The summed E-state index contributed by atoms with van der Waals surface area (Å²) >= 11 is 8.62. The fourth-order valence-corrected chi connectivity index (χ4v) is 9.83. The van der Waals surface area contributed by atoms with E-state index >= 15 is 0 Å². The number of para-hydroxylation sites is 1. The number of methoxy groups -OCH3 is 1. The molecule has 1 saturated heterocycles. The molecule has 0 saturated carbocycles. The van der Waals surface area contributed by atoms with Crippen LogP contribution in [0.5, 0.6) is 28.9 Å². The normalized spacial score (nSPS) is 17.1. The number of aliphatic carboxylic acids is 1. The molecule has 3 aliphatic rings. The van der Waals surface area contributed by atoms with Crippen LogP contribution in [0.1, 0.15) is 30.2 Å². The van der Waals surface area contributed by atoms with Crippen LogP contribution in [0.4, 0.5) is 4.39 Å². The minimum Gasteiger partial charge on any atom is -0.496 e. The van der Waals surface area contributed by atoms with Gasteiger partial charge in [0.2, 0.25) is 12.0 Å². The molecule has 0 aliphatic carbocycles. The lowest BCUT2D eigenvalue weighted by atomic mass is 9.96. The van der Waals surface area contributed by atoms with E-state index in [0.29, 0.717) is 90.5 Å². The molecule has 4 aromatic carbocycles. The zero-order valence-corrected chi connectivity index (χ0v) is 39.3. The molecule has 0 spiro atoms. The van der Waals surface area contributed by atoms with Crippen molar-refractivity contribution in [1.29, 1.82) is 0 Å². The number of carbonyl (C=O) groups is 1. The number of hydrogen-bond acceptors (Lipinski definition) is 14. The van der Waals surface area contributed by atoms with Crippen molar-refractivity contribution in [3.8, 4) is 61.8 Å². The summed E-state index contributed by atoms with van der Waals surface area (Å²) in [6.07, 6.45) is 1.25. The second kappa shape index (κ2) is 20.8. The van der Waals surface area contributed by atoms with Crippen molar-refractivity contribution in [2.75, 3.05) is 53.0 Å². The third-order valence-electron chi connectivity index (χ3n) is 12.1. The number of halogens is 2. The number of nitrogens with zero attached hydrogens (tertiary/aromatic N) is 6. The number of carboxylic acids is 1. The van der Waals surface area contributed by atoms with Crippen LogP contribution in [0, 0.1) is 12.7 Å². The summed E-state index contributed by atoms with van der Waals surface area (Å²) in [5, 5.41) is 21.6. The number of hydrogen-bond donors (Lipinski definition) is 2. The van der Waals surface area contributed by atoms with E-state index < -0.39 is 18.2 Å². The number of benzene rings is 4. The van der Waals surface area contributed by atoms with E-state index in [0.717, 1.165) is 43.2 Å². The molecule has 17 heteroatoms. The van der Waals surface area contributed by atoms with Crippen LogP contribution in [-0.2, 0) is 17.8 Å². The summed E-state index contributed by atoms with van der Waals surface area (Å²) in [4.78, 5) is 37.6. The number of aromatic nitrogens is 4. The van der Waals surface area contributed by atoms with Gasteiger partial charge in [0.15, 0.2) is 5.82 Å². The number of thiophene rings is 1. The number of aliphatic hydroxyl groups excluding tert-OH is 1. The Balaban J connectivity index is 1.11. The first-order valence-electron chi connectivity index (χ1n) is 22.4. The summed E-state index contributed by atoms with van der Waals surface area (Å²) in [5.74, 6) is 0.837. The van der Waals surface area contributed by atoms with Crippen LogP contribution in [-0.4, -0.2) is 117 Å². The molecule has 10 rings (SSSR count). The highest BCUT2D eigenvalue weighted by Gasteiger charge is 2.30. The SMILES string of the molecule is COc1ccccc1-c1nccc(COc2ccc3cc2C[C@H](C(=O)O)Oc2ncnc4sc(-c5ccc(F)cc5)c(c24)-c2ccc(c(Cl)c2C)O[C@H](CN2CCN(CC[C@H](C)O)CC2)CO3)n1. The number of carboxylic acid groups (broad SMARTS) is 1. The largest absolute Gasteiger partial charge is 0.496 e. The van der Waals surface area contributed by atoms with Gasteiger partial charge < -0.3 is 38.8 Å². The van der Waals surface area contributed by atoms with Crippen molar-refractivity contribution in [3.05, 3.63) is 125 Å². The van der Waals surface area contributed by atoms with Gasteiger partial charge in [-0.1, -0.05) is 41.9 Å². The van der Waals surface area contributed by atoms with Crippen molar-refractivity contribution in [2.24, 2.45) is 0 Å². The van der Waals surface area contributed by atoms with Gasteiger partial charge in [-0.15, -0.1) is 11.3 Å². The van der Waals surface area contributed by atoms with Crippen molar-refractivity contribution in [1.82, 2.24) is 29.7 Å². The predicted molar refractivity (Wildman–Crippen MR) is 258 cm³/mol. The molecule has 0 radical (unpaired) electrons. The number of rotatable bonds is 12. The van der Waals surface area contributed by atoms with Gasteiger partial charge in [0.25, 0.3) is 0 Å². The van der Waals surface area contributed by atoms with E-state index in [-0.39, 0.29) is 37.4 Å². The highest BCUT2D eigenvalue weighted by atomic mass is 35.5. The lowest BCUT2D eigenvalue weighted by Crippen LogP contribution is -2.50. The van der Waals surface area contributed by atoms with Gasteiger partial charge in [0, 0.05) is 67.9 Å². The Hall–Kier alpha value is -6.43. The lowest BCUT2D eigenvalue weighted by Gasteiger charge is -2.36. The zero-order chi connectivity index (χ0) is 47.3. The van der Waals surface area contributed by atoms with Gasteiger partial charge in [-0.05, 0) is 91.6 Å². The van der Waals surface area contributed by atoms with Gasteiger partial charge in [-0.2, -0.15) is 0 Å². The molecule has 1 fully saturated rings. The number of aliphatic hydroxyl groups is 1. The standard InChI is InChI=1S/C51H50ClFN6O8S/c1-30(60)17-19-58-20-22-59(23-21-58)26-37-28-64-36-12-14-40(65-27-35-16-18-54-48(57-35)39-6-4-5-7-41(39)63-3)33(24-36)25-43(51(61)62)67-49-45-44(38-13-15-42(66-37)46(52)31(38)2)47(68-50(45)56-29-55-49)32-8-10-34(53)11-9-32/h4-16,18,24,29-30,37,43,60H,17,19-23,25-28H2,1-3H3,(H,61,62)/t30-,37+,43+/m0/s1. The Kier molecular flexibility index (Phi) is 14.3. The Morgan fingerprint density at radius 3 is 2.53 bits per heavy atom. The van der Waals surface area contributed by atoms with E-state index in [2.05, 4.69) is 24.8 Å². The average Bonchev–Trinajstić information content (AvgIpc) is 3.74. The second-order valence-electron chi connectivity index (χ2n) is 16.8. The number of ether oxygens (including phenoxy) is 5. The molecule has 0 unspecified atom stereocenters. The van der Waals surface area contributed by atoms with Crippen molar-refractivity contribution >= 4 is 39.1 Å². The van der Waals surface area contributed by atoms with Gasteiger partial charge in [-0.3, -0.25) is 4.90 Å². The summed E-state index contributed by atoms with van der Waals surface area (Å²) in [6, 6.07) is 24.4. The quantitative estimate of drug-likeness (QED) is 0.120. The molecule has 3 aromatic heterocycles. The maximum Gasteiger partial charge on any atom is 0.345 e. The van der Waals surface area contributed by atoms with E-state index in [1.807, 2.05) is 50.2 Å². The van der Waals surface area contributed by atoms with Gasteiger partial charge >= 0.3 is 5.97 Å². The average molecular weight is 962 g/mol. The Bertz CT molecular complexity index is 2910. The van der Waals surface area contributed by atoms with Crippen molar-refractivity contribution in [3.63, 3.8) is 0 Å². The first-order valence-corrected chi connectivity index (χ1v) is 23.6. The molecule has 352 valence electrons. The summed E-state index contributed by atoms with van der Waals surface area (Å²) in [7, 11) is 1.59. The molecule has 7 aromatic rings. The highest BCUT2D eigenvalue weighted by Crippen LogP contribution is 2.50. The predicted octanol–water partition coefficient (Wildman–Crippen LogP) is 8.77. The van der Waals surface area contributed by atoms with Crippen LogP contribution < -0.4 is 23.7 Å². The third kappa shape index (κ3) is 10.5. The maximum atomic E-state index is 14.3. The Morgan fingerprint density at radius 1 is 0.956 bits per heavy atom. The monoisotopic (exact) mass is 960 g/mol. The maximum absolute atomic E-state index is 14.3. The number of fused-ring (bicyclic) bond motifs is 7. The van der Waals surface area contributed by atoms with Gasteiger partial charge in [0.1, 0.15) is 59.3 Å². The lowest BCUT2D eigenvalue weighted by molar-refractivity contribution is -0.145. The molecule has 6 heterocycles. The van der Waals surface area contributed by atoms with E-state index in [1.54, 1.807) is 49.7 Å². The van der Waals surface area contributed by atoms with Gasteiger partial charge in [-0.25, -0.2) is 29.1 Å². The fourth-order valence-electron chi connectivity index (χ4n) is 8.47. The fraction of sp³-hybridized carbons (Fsp3) is 0.314. The minimum atomic E-state index is -1.46. The number of piperazine rings is 1. The molecule has 2 N–H and O–H groups in total. The molecular weight excluding hydrogens is 911 g/mol. The molecule has 0 amide bonds. The Labute approximate surface area is 401 Å². The smallest absolute Gasteiger partial charge is 0.345 e. The zero-order valence-electron chi connectivity index (χ0n) is 37.7. The van der Waals surface area contributed by atoms with Crippen LogP contribution in [0.2, 0.25) is 5.02 Å². The first kappa shape index (κ1) is 46.7. The summed E-state index contributed by atoms with van der Waals surface area (Å²) in [5.41, 5.74) is 4.58. The first-order chi connectivity index (χ1) is 33.0. The molecule has 68 heavy (non-hydrogen) atoms. The molecule has 14 nitrogen and oxygen atoms in total. The molecule has 4 bridgehead atoms. The van der Waals surface area contributed by atoms with E-state index in [4.69, 9.17) is 40.3 Å². The highest BCUT2D eigenvalue weighted by molar-refractivity contribution is 7.22. The topological polar surface area (TPSA) is 162 Å².